The number of carbonyl (C=O) groups is 1. The molecular weight excluding hydrogens is 192 g/mol. The van der Waals surface area contributed by atoms with Crippen LogP contribution in [0.4, 0.5) is 5.82 Å². The molecule has 0 unspecified atom stereocenters. The van der Waals surface area contributed by atoms with Crippen LogP contribution in [-0.2, 0) is 0 Å². The third-order valence-electron chi connectivity index (χ3n) is 2.39. The molecular formula is C11H12N2O2. The summed E-state index contributed by atoms with van der Waals surface area (Å²) in [6, 6.07) is 3.46. The zero-order chi connectivity index (χ0) is 10.7. The SMILES string of the molecule is O=C(O)c1cccnc1NC1CC=CC1. The highest BCUT2D eigenvalue weighted by Gasteiger charge is 2.15. The van der Waals surface area contributed by atoms with Crippen molar-refractivity contribution >= 4 is 11.8 Å². The first kappa shape index (κ1) is 9.71. The highest BCUT2D eigenvalue weighted by Crippen LogP contribution is 2.18. The van der Waals surface area contributed by atoms with Crippen LogP contribution in [0, 0.1) is 0 Å². The molecule has 0 aliphatic heterocycles. The van der Waals surface area contributed by atoms with Gasteiger partial charge in [0.25, 0.3) is 0 Å². The topological polar surface area (TPSA) is 62.2 Å². The van der Waals surface area contributed by atoms with E-state index in [1.54, 1.807) is 18.3 Å². The summed E-state index contributed by atoms with van der Waals surface area (Å²) in [6.07, 6.45) is 7.62. The van der Waals surface area contributed by atoms with E-state index in [1.165, 1.54) is 0 Å². The van der Waals surface area contributed by atoms with Crippen LogP contribution in [0.3, 0.4) is 0 Å². The number of carboxylic acids is 1. The maximum Gasteiger partial charge on any atom is 0.339 e. The zero-order valence-corrected chi connectivity index (χ0v) is 8.18. The van der Waals surface area contributed by atoms with E-state index in [-0.39, 0.29) is 11.6 Å². The van der Waals surface area contributed by atoms with Gasteiger partial charge in [0.1, 0.15) is 11.4 Å². The summed E-state index contributed by atoms with van der Waals surface area (Å²) >= 11 is 0. The van der Waals surface area contributed by atoms with Crippen molar-refractivity contribution in [2.45, 2.75) is 18.9 Å². The molecule has 0 spiro atoms. The van der Waals surface area contributed by atoms with E-state index in [0.29, 0.717) is 5.82 Å². The molecule has 1 aromatic rings. The molecule has 2 N–H and O–H groups in total. The summed E-state index contributed by atoms with van der Waals surface area (Å²) in [5.41, 5.74) is 0.226. The van der Waals surface area contributed by atoms with Crippen molar-refractivity contribution in [2.24, 2.45) is 0 Å². The lowest BCUT2D eigenvalue weighted by Gasteiger charge is -2.13. The van der Waals surface area contributed by atoms with Crippen LogP contribution in [0.25, 0.3) is 0 Å². The number of aromatic carboxylic acids is 1. The molecule has 15 heavy (non-hydrogen) atoms. The molecule has 1 aromatic heterocycles. The first-order chi connectivity index (χ1) is 7.27. The first-order valence-corrected chi connectivity index (χ1v) is 4.87. The Balaban J connectivity index is 2.16. The summed E-state index contributed by atoms with van der Waals surface area (Å²) in [5.74, 6) is -0.491. The average molecular weight is 204 g/mol. The minimum Gasteiger partial charge on any atom is -0.478 e. The van der Waals surface area contributed by atoms with Gasteiger partial charge in [-0.3, -0.25) is 0 Å². The molecule has 0 amide bonds. The fourth-order valence-corrected chi connectivity index (χ4v) is 1.62. The molecule has 78 valence electrons. The van der Waals surface area contributed by atoms with Crippen LogP contribution in [0.2, 0.25) is 0 Å². The predicted molar refractivity (Wildman–Crippen MR) is 57.0 cm³/mol. The monoisotopic (exact) mass is 204 g/mol. The van der Waals surface area contributed by atoms with E-state index < -0.39 is 5.97 Å². The van der Waals surface area contributed by atoms with Gasteiger partial charge in [-0.2, -0.15) is 0 Å². The Morgan fingerprint density at radius 3 is 2.87 bits per heavy atom. The summed E-state index contributed by atoms with van der Waals surface area (Å²) < 4.78 is 0. The largest absolute Gasteiger partial charge is 0.478 e. The molecule has 4 heteroatoms. The van der Waals surface area contributed by atoms with Crippen LogP contribution in [0.1, 0.15) is 23.2 Å². The van der Waals surface area contributed by atoms with Gasteiger partial charge in [0, 0.05) is 12.2 Å². The van der Waals surface area contributed by atoms with Crippen LogP contribution in [-0.4, -0.2) is 22.1 Å². The van der Waals surface area contributed by atoms with Gasteiger partial charge in [-0.1, -0.05) is 12.2 Å². The summed E-state index contributed by atoms with van der Waals surface area (Å²) in [5, 5.41) is 12.1. The number of pyridine rings is 1. The van der Waals surface area contributed by atoms with E-state index >= 15 is 0 Å². The van der Waals surface area contributed by atoms with Crippen LogP contribution < -0.4 is 5.32 Å². The van der Waals surface area contributed by atoms with Crippen molar-refractivity contribution in [3.63, 3.8) is 0 Å². The van der Waals surface area contributed by atoms with Gasteiger partial charge in [0.05, 0.1) is 0 Å². The number of nitrogens with one attached hydrogen (secondary N) is 1. The lowest BCUT2D eigenvalue weighted by molar-refractivity contribution is 0.0697. The molecule has 1 aliphatic carbocycles. The number of carboxylic acid groups (broad SMARTS) is 1. The van der Waals surface area contributed by atoms with E-state index in [2.05, 4.69) is 22.5 Å². The van der Waals surface area contributed by atoms with E-state index in [0.717, 1.165) is 12.8 Å². The van der Waals surface area contributed by atoms with E-state index in [4.69, 9.17) is 5.11 Å². The van der Waals surface area contributed by atoms with Crippen molar-refractivity contribution in [3.8, 4) is 0 Å². The number of hydrogen-bond acceptors (Lipinski definition) is 3. The van der Waals surface area contributed by atoms with Crippen LogP contribution in [0.5, 0.6) is 0 Å². The molecule has 0 fully saturated rings. The fourth-order valence-electron chi connectivity index (χ4n) is 1.62. The molecule has 0 saturated carbocycles. The van der Waals surface area contributed by atoms with Crippen molar-refractivity contribution < 1.29 is 9.90 Å². The maximum atomic E-state index is 10.9. The number of rotatable bonds is 3. The lowest BCUT2D eigenvalue weighted by atomic mass is 10.2. The molecule has 0 saturated heterocycles. The van der Waals surface area contributed by atoms with Crippen LogP contribution in [0.15, 0.2) is 30.5 Å². The van der Waals surface area contributed by atoms with E-state index in [9.17, 15) is 4.79 Å². The minimum absolute atomic E-state index is 0.226. The summed E-state index contributed by atoms with van der Waals surface area (Å²) in [4.78, 5) is 14.9. The second-order valence-electron chi connectivity index (χ2n) is 3.49. The Morgan fingerprint density at radius 1 is 1.47 bits per heavy atom. The molecule has 1 heterocycles. The molecule has 0 radical (unpaired) electrons. The Morgan fingerprint density at radius 2 is 2.20 bits per heavy atom. The highest BCUT2D eigenvalue weighted by molar-refractivity contribution is 5.93. The van der Waals surface area contributed by atoms with Crippen molar-refractivity contribution in [1.29, 1.82) is 0 Å². The van der Waals surface area contributed by atoms with Crippen molar-refractivity contribution in [2.75, 3.05) is 5.32 Å². The van der Waals surface area contributed by atoms with Gasteiger partial charge in [-0.15, -0.1) is 0 Å². The smallest absolute Gasteiger partial charge is 0.339 e. The van der Waals surface area contributed by atoms with E-state index in [1.807, 2.05) is 0 Å². The second kappa shape index (κ2) is 4.13. The first-order valence-electron chi connectivity index (χ1n) is 4.87. The number of hydrogen-bond donors (Lipinski definition) is 2. The number of anilines is 1. The number of nitrogens with zero attached hydrogens (tertiary/aromatic N) is 1. The van der Waals surface area contributed by atoms with Gasteiger partial charge in [0.2, 0.25) is 0 Å². The summed E-state index contributed by atoms with van der Waals surface area (Å²) in [7, 11) is 0. The molecule has 4 nitrogen and oxygen atoms in total. The van der Waals surface area contributed by atoms with Gasteiger partial charge in [-0.25, -0.2) is 9.78 Å². The molecule has 0 aromatic carbocycles. The minimum atomic E-state index is -0.948. The lowest BCUT2D eigenvalue weighted by Crippen LogP contribution is -2.18. The average Bonchev–Trinajstić information content (AvgIpc) is 2.71. The van der Waals surface area contributed by atoms with Gasteiger partial charge >= 0.3 is 5.97 Å². The van der Waals surface area contributed by atoms with Crippen molar-refractivity contribution in [1.82, 2.24) is 4.98 Å². The fraction of sp³-hybridized carbons (Fsp3) is 0.273. The third-order valence-corrected chi connectivity index (χ3v) is 2.39. The normalized spacial score (nSPS) is 15.5. The van der Waals surface area contributed by atoms with Gasteiger partial charge in [-0.05, 0) is 25.0 Å². The molecule has 0 atom stereocenters. The molecule has 1 aliphatic rings. The summed E-state index contributed by atoms with van der Waals surface area (Å²) in [6.45, 7) is 0. The Hall–Kier alpha value is -1.84. The maximum absolute atomic E-state index is 10.9. The standard InChI is InChI=1S/C11H12N2O2/c14-11(15)9-6-3-7-12-10(9)13-8-4-1-2-5-8/h1-3,6-8H,4-5H2,(H,12,13)(H,14,15). The Kier molecular flexibility index (Phi) is 2.67. The quantitative estimate of drug-likeness (QED) is 0.738. The second-order valence-corrected chi connectivity index (χ2v) is 3.49. The number of aromatic nitrogens is 1. The van der Waals surface area contributed by atoms with Gasteiger partial charge < -0.3 is 10.4 Å². The molecule has 2 rings (SSSR count). The Bertz CT molecular complexity index is 393. The Labute approximate surface area is 87.7 Å². The van der Waals surface area contributed by atoms with Crippen LogP contribution >= 0.6 is 0 Å². The van der Waals surface area contributed by atoms with Gasteiger partial charge in [0.15, 0.2) is 0 Å². The predicted octanol–water partition coefficient (Wildman–Crippen LogP) is 1.91. The third kappa shape index (κ3) is 2.15. The molecule has 0 bridgehead atoms. The zero-order valence-electron chi connectivity index (χ0n) is 8.18. The van der Waals surface area contributed by atoms with Crippen molar-refractivity contribution in [3.05, 3.63) is 36.0 Å². The highest BCUT2D eigenvalue weighted by atomic mass is 16.4.